The first kappa shape index (κ1) is 29.6. The van der Waals surface area contributed by atoms with Gasteiger partial charge in [-0.05, 0) is 239 Å². The maximum atomic E-state index is 8.56. The number of hydrogen-bond acceptors (Lipinski definition) is 0. The number of nitrogens with zero attached hydrogens (tertiary/aromatic N) is 4. The number of rotatable bonds is 9. The third-order valence-corrected chi connectivity index (χ3v) is 14.4. The van der Waals surface area contributed by atoms with Crippen molar-refractivity contribution in [3.05, 3.63) is 209 Å². The highest BCUT2D eigenvalue weighted by Gasteiger charge is 2.22. The van der Waals surface area contributed by atoms with Gasteiger partial charge >= 0.3 is 0 Å². The first-order valence-corrected chi connectivity index (χ1v) is 26.4. The zero-order valence-electron chi connectivity index (χ0n) is 88.1. The molecule has 81 heavy (non-hydrogen) atoms. The highest BCUT2D eigenvalue weighted by atomic mass is 14.9. The number of aryl methyl sites for hydroxylation is 18. The van der Waals surface area contributed by atoms with Gasteiger partial charge in [-0.3, -0.25) is 0 Å². The van der Waals surface area contributed by atoms with Crippen molar-refractivity contribution in [2.45, 2.75) is 195 Å². The summed E-state index contributed by atoms with van der Waals surface area (Å²) in [6, 6.07) is 20.6. The van der Waals surface area contributed by atoms with Gasteiger partial charge in [0, 0.05) is 121 Å². The van der Waals surface area contributed by atoms with Gasteiger partial charge in [-0.2, -0.15) is 0 Å². The number of hydrogen-bond donors (Lipinski definition) is 0. The van der Waals surface area contributed by atoms with Gasteiger partial charge in [-0.1, -0.05) is 93.1 Å². The molecule has 0 saturated carbocycles. The van der Waals surface area contributed by atoms with Crippen molar-refractivity contribution >= 4 is 0 Å². The standard InChI is InChI=1S/C21H30N.2C19H26N.C18H24N/c1-13(2)18-10-20(16(6)9-15(18)5)21-11-19(14(3)4)17(7)12-22(21)8;1-12(2)17-8-15(5)18(9-14(17)4)19-10-13(3)16(6)11-20(19)7;1-12(2)17-10-18(15(5)8-14(17)4)19-9-13(3)16(6)11-20(19)7;1-12(2)16-7-8-19(6)18(11-16)17-10-14(4)13(3)9-15(17)5/h9-14H,1-8H3;2*8-12H,1-7H3;7-12H,1-6H3/q4*+1/i1D3,3D3,5D3,7D3,13D,14D;1D3,6D3,12D;1D3,4D3,6D3,12D;1D3,3D3,12D. The quantitative estimate of drug-likeness (QED) is 0.128. The lowest BCUT2D eigenvalue weighted by atomic mass is 9.90. The van der Waals surface area contributed by atoms with E-state index in [0.717, 1.165) is 53.1 Å². The van der Waals surface area contributed by atoms with Crippen LogP contribution >= 0.6 is 0 Å². The van der Waals surface area contributed by atoms with E-state index in [4.69, 9.17) is 52.1 Å². The molecule has 0 amide bonds. The summed E-state index contributed by atoms with van der Waals surface area (Å²) in [5, 5.41) is 0. The van der Waals surface area contributed by atoms with Gasteiger partial charge in [-0.15, -0.1) is 0 Å². The van der Waals surface area contributed by atoms with Crippen molar-refractivity contribution in [3.8, 4) is 45.0 Å². The molecule has 5 atom stereocenters. The minimum atomic E-state index is -2.88. The van der Waals surface area contributed by atoms with E-state index in [9.17, 15) is 0 Å². The van der Waals surface area contributed by atoms with Crippen LogP contribution in [0.25, 0.3) is 45.0 Å². The summed E-state index contributed by atoms with van der Waals surface area (Å²) in [7, 11) is 6.81. The van der Waals surface area contributed by atoms with E-state index in [1.807, 2.05) is 43.7 Å². The molecule has 430 valence electrons. The SMILES string of the molecule is [2H]C([2H])([2H])c1c[n+](C)c(-c2cc(C([2H])(C)C([2H])([2H])[2H])c(C([2H])([2H])[2H])cc2C)cc1C.[2H]C([2H])([2H])c1c[n+](C)c(-c2cc(C)c(C([2H])(C)C([2H])([2H])[2H])cc2C)cc1C.[2H]C([2H])([2H])c1cc(C)c(-c2cc(C([2H])(C)C([2H])([2H])[2H])c(C([2H])([2H])[2H])c[n+]2C)cc1C([2H])(C)C([2H])([2H])[2H].[2H]C([2H])([2H])c1cc(C)c(-c2cc(C([2H])(C)C([2H])([2H])[2H])cc[n+]2C)cc1C. The summed E-state index contributed by atoms with van der Waals surface area (Å²) in [4.78, 5) is 0. The Morgan fingerprint density at radius 1 is 0.296 bits per heavy atom. The fourth-order valence-corrected chi connectivity index (χ4v) is 9.51. The highest BCUT2D eigenvalue weighted by molar-refractivity contribution is 5.67. The molecule has 0 aliphatic rings. The van der Waals surface area contributed by atoms with Crippen molar-refractivity contribution in [2.75, 3.05) is 0 Å². The van der Waals surface area contributed by atoms with Crippen LogP contribution in [0.3, 0.4) is 0 Å². The van der Waals surface area contributed by atoms with Crippen molar-refractivity contribution in [3.63, 3.8) is 0 Å². The molecule has 8 rings (SSSR count). The Morgan fingerprint density at radius 2 is 0.630 bits per heavy atom. The maximum absolute atomic E-state index is 8.56. The van der Waals surface area contributed by atoms with E-state index >= 15 is 0 Å². The summed E-state index contributed by atoms with van der Waals surface area (Å²) >= 11 is 0. The third-order valence-electron chi connectivity index (χ3n) is 14.4. The molecule has 4 heterocycles. The van der Waals surface area contributed by atoms with Crippen LogP contribution in [0.2, 0.25) is 0 Å². The topological polar surface area (TPSA) is 15.5 Å². The molecule has 0 saturated heterocycles. The Labute approximate surface area is 547 Å². The van der Waals surface area contributed by atoms with Crippen LogP contribution in [-0.4, -0.2) is 0 Å². The smallest absolute Gasteiger partial charge is 0.201 e. The van der Waals surface area contributed by atoms with Gasteiger partial charge < -0.3 is 0 Å². The molecule has 0 aliphatic heterocycles. The number of pyridine rings is 4. The molecule has 4 aromatic carbocycles. The molecule has 4 nitrogen and oxygen atoms in total. The molecule has 0 N–H and O–H groups in total. The Bertz CT molecular complexity index is 4990. The van der Waals surface area contributed by atoms with Crippen LogP contribution in [0, 0.1) is 96.5 Å². The van der Waals surface area contributed by atoms with E-state index < -0.39 is 105 Å². The van der Waals surface area contributed by atoms with Crippen molar-refractivity contribution in [2.24, 2.45) is 28.2 Å². The summed E-state index contributed by atoms with van der Waals surface area (Å²) < 4.78 is 305. The van der Waals surface area contributed by atoms with Crippen molar-refractivity contribution < 1.29 is 70.4 Å². The molecule has 4 heteroatoms. The van der Waals surface area contributed by atoms with Crippen LogP contribution in [0.1, 0.15) is 256 Å². The monoisotopic (exact) mass is 1130 g/mol. The van der Waals surface area contributed by atoms with Crippen LogP contribution in [-0.2, 0) is 28.2 Å². The molecular weight excluding hydrogens is 981 g/mol. The summed E-state index contributed by atoms with van der Waals surface area (Å²) in [5.41, 5.74) is 10.4. The molecule has 0 bridgehead atoms. The molecule has 8 aromatic rings. The Morgan fingerprint density at radius 3 is 1.06 bits per heavy atom. The lowest BCUT2D eigenvalue weighted by Gasteiger charge is -2.16. The maximum Gasteiger partial charge on any atom is 0.212 e. The largest absolute Gasteiger partial charge is 0.212 e. The Balaban J connectivity index is 0.000000285. The van der Waals surface area contributed by atoms with E-state index in [1.165, 1.54) is 75.1 Å². The van der Waals surface area contributed by atoms with Gasteiger partial charge in [0.25, 0.3) is 0 Å². The summed E-state index contributed by atoms with van der Waals surface area (Å²) in [6.45, 7) is -7.89. The van der Waals surface area contributed by atoms with Crippen LogP contribution < -0.4 is 18.3 Å². The Kier molecular flexibility index (Phi) is 10.1. The average molecular weight is 1130 g/mol. The predicted octanol–water partition coefficient (Wildman–Crippen LogP) is 18.6. The van der Waals surface area contributed by atoms with Gasteiger partial charge in [0.1, 0.15) is 28.2 Å². The van der Waals surface area contributed by atoms with Crippen LogP contribution in [0.4, 0.5) is 0 Å². The minimum absolute atomic E-state index is 0.0966. The molecule has 0 radical (unpaired) electrons. The lowest BCUT2D eigenvalue weighted by molar-refractivity contribution is -0.660. The van der Waals surface area contributed by atoms with Gasteiger partial charge in [-0.25, -0.2) is 18.3 Å². The molecule has 4 aromatic heterocycles. The van der Waals surface area contributed by atoms with E-state index in [0.29, 0.717) is 61.3 Å². The van der Waals surface area contributed by atoms with Gasteiger partial charge in [0.05, 0.1) is 0 Å². The van der Waals surface area contributed by atoms with Gasteiger partial charge in [0.15, 0.2) is 24.8 Å². The second-order valence-electron chi connectivity index (χ2n) is 21.3. The number of aromatic nitrogens is 4. The molecule has 5 unspecified atom stereocenters. The molecular formula is C77H106N4+4. The fraction of sp³-hybridized carbons (Fsp3) is 0.429. The lowest BCUT2D eigenvalue weighted by Crippen LogP contribution is -2.32. The molecule has 0 spiro atoms. The normalized spacial score (nSPS) is 23.5. The minimum Gasteiger partial charge on any atom is -0.201 e. The zero-order valence-corrected chi connectivity index (χ0v) is 50.1. The fourth-order valence-electron chi connectivity index (χ4n) is 9.51. The predicted molar refractivity (Wildman–Crippen MR) is 349 cm³/mol. The third kappa shape index (κ3) is 15.7. The number of benzene rings is 4. The molecule has 0 fully saturated rings. The summed E-state index contributed by atoms with van der Waals surface area (Å²) in [6.07, 6.45) is 6.06. The second kappa shape index (κ2) is 27.5. The first-order valence-electron chi connectivity index (χ1n) is 45.4. The van der Waals surface area contributed by atoms with Crippen molar-refractivity contribution in [1.82, 2.24) is 0 Å². The van der Waals surface area contributed by atoms with Crippen molar-refractivity contribution in [1.29, 1.82) is 0 Å². The van der Waals surface area contributed by atoms with E-state index in [-0.39, 0.29) is 50.2 Å². The summed E-state index contributed by atoms with van der Waals surface area (Å²) in [5.74, 6) is -10.2. The van der Waals surface area contributed by atoms with Crippen LogP contribution in [0.15, 0.2) is 104 Å². The Hall–Kier alpha value is -6.52. The first-order chi connectivity index (χ1) is 52.8. The highest BCUT2D eigenvalue weighted by Crippen LogP contribution is 2.33. The average Bonchev–Trinajstić information content (AvgIpc) is 0.731. The van der Waals surface area contributed by atoms with Crippen LogP contribution in [0.5, 0.6) is 0 Å². The van der Waals surface area contributed by atoms with E-state index in [2.05, 4.69) is 0 Å². The molecule has 0 aliphatic carbocycles. The van der Waals surface area contributed by atoms with E-state index in [1.54, 1.807) is 107 Å². The zero-order chi connectivity index (χ0) is 92.9. The second-order valence-corrected chi connectivity index (χ2v) is 21.3. The van der Waals surface area contributed by atoms with Gasteiger partial charge in [0.2, 0.25) is 22.8 Å².